The van der Waals surface area contributed by atoms with E-state index in [1.165, 1.54) is 19.7 Å². The molecule has 0 saturated carbocycles. The second kappa shape index (κ2) is 8.00. The maximum atomic E-state index is 11.7. The van der Waals surface area contributed by atoms with E-state index in [1.807, 2.05) is 0 Å². The monoisotopic (exact) mass is 282 g/mol. The van der Waals surface area contributed by atoms with Gasteiger partial charge in [-0.25, -0.2) is 5.48 Å². The number of hydroxylamine groups is 1. The molecule has 110 valence electrons. The Hall–Kier alpha value is -2.28. The molecule has 0 fully saturated rings. The number of rotatable bonds is 7. The van der Waals surface area contributed by atoms with Gasteiger partial charge in [0.2, 0.25) is 11.8 Å². The zero-order valence-electron chi connectivity index (χ0n) is 11.4. The molecule has 7 heteroatoms. The molecular formula is C13H18N2O5. The normalized spacial score (nSPS) is 9.75. The van der Waals surface area contributed by atoms with Crippen LogP contribution in [0.5, 0.6) is 11.5 Å². The fourth-order valence-electron chi connectivity index (χ4n) is 1.60. The summed E-state index contributed by atoms with van der Waals surface area (Å²) in [4.78, 5) is 22.4. The molecule has 0 aliphatic heterocycles. The van der Waals surface area contributed by atoms with Crippen molar-refractivity contribution in [1.82, 2.24) is 5.48 Å². The number of amides is 2. The Bertz CT molecular complexity index is 476. The number of carbonyl (C=O) groups excluding carboxylic acids is 2. The second-order valence-electron chi connectivity index (χ2n) is 4.01. The molecule has 1 rings (SSSR count). The molecular weight excluding hydrogens is 264 g/mol. The summed E-state index contributed by atoms with van der Waals surface area (Å²) >= 11 is 0. The number of methoxy groups -OCH3 is 2. The molecule has 0 unspecified atom stereocenters. The number of ether oxygens (including phenoxy) is 2. The van der Waals surface area contributed by atoms with Gasteiger partial charge in [-0.3, -0.25) is 14.8 Å². The third kappa shape index (κ3) is 4.77. The predicted octanol–water partition coefficient (Wildman–Crippen LogP) is 1.32. The van der Waals surface area contributed by atoms with Gasteiger partial charge >= 0.3 is 0 Å². The Labute approximate surface area is 116 Å². The molecule has 1 aromatic carbocycles. The van der Waals surface area contributed by atoms with Crippen molar-refractivity contribution in [1.29, 1.82) is 0 Å². The molecule has 0 bridgehead atoms. The van der Waals surface area contributed by atoms with Crippen molar-refractivity contribution in [3.8, 4) is 11.5 Å². The van der Waals surface area contributed by atoms with Gasteiger partial charge in [0, 0.05) is 24.6 Å². The summed E-state index contributed by atoms with van der Waals surface area (Å²) in [6, 6.07) is 5.03. The van der Waals surface area contributed by atoms with E-state index in [-0.39, 0.29) is 18.7 Å². The van der Waals surface area contributed by atoms with Crippen molar-refractivity contribution in [3.63, 3.8) is 0 Å². The van der Waals surface area contributed by atoms with Gasteiger partial charge in [0.05, 0.1) is 14.2 Å². The molecule has 0 aliphatic carbocycles. The SMILES string of the molecule is COc1ccc(NC(=O)CCCC(=O)NO)cc1OC. The maximum Gasteiger partial charge on any atom is 0.243 e. The minimum atomic E-state index is -0.510. The van der Waals surface area contributed by atoms with E-state index >= 15 is 0 Å². The lowest BCUT2D eigenvalue weighted by Crippen LogP contribution is -2.19. The van der Waals surface area contributed by atoms with Crippen LogP contribution in [0.4, 0.5) is 5.69 Å². The summed E-state index contributed by atoms with van der Waals surface area (Å²) in [6.07, 6.45) is 0.628. The van der Waals surface area contributed by atoms with E-state index in [9.17, 15) is 9.59 Å². The van der Waals surface area contributed by atoms with Crippen LogP contribution in [0.25, 0.3) is 0 Å². The number of nitrogens with one attached hydrogen (secondary N) is 2. The molecule has 1 aromatic rings. The summed E-state index contributed by atoms with van der Waals surface area (Å²) in [7, 11) is 3.04. The molecule has 0 aromatic heterocycles. The highest BCUT2D eigenvalue weighted by molar-refractivity contribution is 5.91. The van der Waals surface area contributed by atoms with E-state index in [2.05, 4.69) is 5.32 Å². The van der Waals surface area contributed by atoms with Gasteiger partial charge in [-0.05, 0) is 18.6 Å². The highest BCUT2D eigenvalue weighted by atomic mass is 16.5. The topological polar surface area (TPSA) is 96.9 Å². The Balaban J connectivity index is 2.51. The van der Waals surface area contributed by atoms with Crippen LogP contribution in [-0.4, -0.2) is 31.2 Å². The zero-order chi connectivity index (χ0) is 15.0. The molecule has 0 atom stereocenters. The molecule has 2 amide bonds. The van der Waals surface area contributed by atoms with Gasteiger partial charge in [-0.2, -0.15) is 0 Å². The number of carbonyl (C=O) groups is 2. The summed E-state index contributed by atoms with van der Waals surface area (Å²) in [5.41, 5.74) is 2.10. The molecule has 0 heterocycles. The van der Waals surface area contributed by atoms with Gasteiger partial charge in [0.1, 0.15) is 0 Å². The van der Waals surface area contributed by atoms with Crippen LogP contribution in [0.2, 0.25) is 0 Å². The van der Waals surface area contributed by atoms with Gasteiger partial charge < -0.3 is 14.8 Å². The number of hydrogen-bond acceptors (Lipinski definition) is 5. The lowest BCUT2D eigenvalue weighted by atomic mass is 10.2. The van der Waals surface area contributed by atoms with Crippen molar-refractivity contribution >= 4 is 17.5 Å². The van der Waals surface area contributed by atoms with Crippen molar-refractivity contribution in [2.45, 2.75) is 19.3 Å². The Morgan fingerprint density at radius 1 is 1.10 bits per heavy atom. The average molecular weight is 282 g/mol. The van der Waals surface area contributed by atoms with Crippen LogP contribution in [0.15, 0.2) is 18.2 Å². The Kier molecular flexibility index (Phi) is 6.31. The van der Waals surface area contributed by atoms with Crippen molar-refractivity contribution < 1.29 is 24.3 Å². The highest BCUT2D eigenvalue weighted by Gasteiger charge is 2.08. The first-order valence-corrected chi connectivity index (χ1v) is 6.05. The van der Waals surface area contributed by atoms with Gasteiger partial charge in [0.15, 0.2) is 11.5 Å². The zero-order valence-corrected chi connectivity index (χ0v) is 11.4. The Morgan fingerprint density at radius 3 is 2.35 bits per heavy atom. The first-order valence-electron chi connectivity index (χ1n) is 6.05. The molecule has 20 heavy (non-hydrogen) atoms. The fraction of sp³-hybridized carbons (Fsp3) is 0.385. The third-order valence-electron chi connectivity index (χ3n) is 2.60. The second-order valence-corrected chi connectivity index (χ2v) is 4.01. The standard InChI is InChI=1S/C13H18N2O5/c1-19-10-7-6-9(8-11(10)20-2)14-12(16)4-3-5-13(17)15-18/h6-8,18H,3-5H2,1-2H3,(H,14,16)(H,15,17). The van der Waals surface area contributed by atoms with E-state index < -0.39 is 5.91 Å². The van der Waals surface area contributed by atoms with E-state index in [0.29, 0.717) is 23.6 Å². The fourth-order valence-corrected chi connectivity index (χ4v) is 1.60. The van der Waals surface area contributed by atoms with Crippen molar-refractivity contribution in [3.05, 3.63) is 18.2 Å². The molecule has 0 aliphatic rings. The average Bonchev–Trinajstić information content (AvgIpc) is 2.46. The van der Waals surface area contributed by atoms with E-state index in [1.54, 1.807) is 18.2 Å². The van der Waals surface area contributed by atoms with Gasteiger partial charge in [-0.1, -0.05) is 0 Å². The first kappa shape index (κ1) is 15.8. The predicted molar refractivity (Wildman–Crippen MR) is 72.0 cm³/mol. The minimum absolute atomic E-state index is 0.0931. The van der Waals surface area contributed by atoms with Crippen molar-refractivity contribution in [2.24, 2.45) is 0 Å². The summed E-state index contributed by atoms with van der Waals surface area (Å²) in [5.74, 6) is 0.363. The van der Waals surface area contributed by atoms with Crippen LogP contribution in [-0.2, 0) is 9.59 Å². The molecule has 3 N–H and O–H groups in total. The molecule has 7 nitrogen and oxygen atoms in total. The maximum absolute atomic E-state index is 11.7. The molecule has 0 radical (unpaired) electrons. The third-order valence-corrected chi connectivity index (χ3v) is 2.60. The van der Waals surface area contributed by atoms with E-state index in [0.717, 1.165) is 0 Å². The van der Waals surface area contributed by atoms with Crippen molar-refractivity contribution in [2.75, 3.05) is 19.5 Å². The number of anilines is 1. The largest absolute Gasteiger partial charge is 0.493 e. The lowest BCUT2D eigenvalue weighted by molar-refractivity contribution is -0.129. The van der Waals surface area contributed by atoms with Crippen LogP contribution >= 0.6 is 0 Å². The summed E-state index contributed by atoms with van der Waals surface area (Å²) in [5, 5.41) is 11.0. The number of hydrogen-bond donors (Lipinski definition) is 3. The smallest absolute Gasteiger partial charge is 0.243 e. The number of benzene rings is 1. The highest BCUT2D eigenvalue weighted by Crippen LogP contribution is 2.29. The van der Waals surface area contributed by atoms with Gasteiger partial charge in [0.25, 0.3) is 0 Å². The van der Waals surface area contributed by atoms with Crippen LogP contribution in [0, 0.1) is 0 Å². The quantitative estimate of drug-likeness (QED) is 0.517. The summed E-state index contributed by atoms with van der Waals surface area (Å²) < 4.78 is 10.2. The summed E-state index contributed by atoms with van der Waals surface area (Å²) in [6.45, 7) is 0. The molecule has 0 saturated heterocycles. The van der Waals surface area contributed by atoms with E-state index in [4.69, 9.17) is 14.7 Å². The lowest BCUT2D eigenvalue weighted by Gasteiger charge is -2.10. The van der Waals surface area contributed by atoms with Gasteiger partial charge in [-0.15, -0.1) is 0 Å². The van der Waals surface area contributed by atoms with Crippen LogP contribution in [0.1, 0.15) is 19.3 Å². The first-order chi connectivity index (χ1) is 9.60. The van der Waals surface area contributed by atoms with Crippen LogP contribution < -0.4 is 20.3 Å². The Morgan fingerprint density at radius 2 is 1.75 bits per heavy atom. The molecule has 0 spiro atoms. The minimum Gasteiger partial charge on any atom is -0.493 e. The van der Waals surface area contributed by atoms with Crippen LogP contribution in [0.3, 0.4) is 0 Å².